The first-order chi connectivity index (χ1) is 17.3. The molecule has 2 aliphatic rings. The van der Waals surface area contributed by atoms with E-state index in [0.717, 1.165) is 10.6 Å². The Morgan fingerprint density at radius 1 is 1.14 bits per heavy atom. The Labute approximate surface area is 211 Å². The van der Waals surface area contributed by atoms with Crippen molar-refractivity contribution in [3.8, 4) is 11.5 Å². The summed E-state index contributed by atoms with van der Waals surface area (Å²) in [6.07, 6.45) is 0. The number of rotatable bonds is 4. The van der Waals surface area contributed by atoms with Crippen molar-refractivity contribution in [3.05, 3.63) is 88.2 Å². The Hall–Kier alpha value is -4.04. The molecule has 1 unspecified atom stereocenters. The highest BCUT2D eigenvalue weighted by Gasteiger charge is 2.48. The van der Waals surface area contributed by atoms with E-state index in [1.165, 1.54) is 31.4 Å². The molecule has 0 spiro atoms. The number of fused-ring (bicyclic) bond motifs is 1. The van der Waals surface area contributed by atoms with Gasteiger partial charge in [-0.1, -0.05) is 29.8 Å². The van der Waals surface area contributed by atoms with Crippen LogP contribution in [0.15, 0.2) is 66.2 Å². The van der Waals surface area contributed by atoms with Gasteiger partial charge >= 0.3 is 0 Å². The highest BCUT2D eigenvalue weighted by atomic mass is 35.5. The van der Waals surface area contributed by atoms with E-state index in [9.17, 15) is 14.7 Å². The van der Waals surface area contributed by atoms with Crippen molar-refractivity contribution in [1.29, 1.82) is 0 Å². The number of nitrogens with zero attached hydrogens (tertiary/aromatic N) is 2. The second-order valence-corrected chi connectivity index (χ2v) is 8.87. The number of aliphatic hydroxyl groups excluding tert-OH is 1. The molecule has 3 aromatic rings. The van der Waals surface area contributed by atoms with Gasteiger partial charge in [-0.3, -0.25) is 14.5 Å². The van der Waals surface area contributed by atoms with Crippen LogP contribution in [0.5, 0.6) is 11.5 Å². The Balaban J connectivity index is 1.71. The number of amides is 1. The topological polar surface area (TPSA) is 79.3 Å². The average Bonchev–Trinajstić information content (AvgIpc) is 3.14. The van der Waals surface area contributed by atoms with Crippen molar-refractivity contribution in [1.82, 2.24) is 0 Å². The summed E-state index contributed by atoms with van der Waals surface area (Å²) < 4.78 is 25.9. The van der Waals surface area contributed by atoms with Crippen LogP contribution < -0.4 is 19.3 Å². The third-order valence-corrected chi connectivity index (χ3v) is 6.68. The number of aliphatic hydroxyl groups is 1. The Kier molecular flexibility index (Phi) is 6.05. The van der Waals surface area contributed by atoms with E-state index in [1.54, 1.807) is 36.4 Å². The Morgan fingerprint density at radius 2 is 1.92 bits per heavy atom. The summed E-state index contributed by atoms with van der Waals surface area (Å²) in [4.78, 5) is 29.7. The van der Waals surface area contributed by atoms with Crippen molar-refractivity contribution >= 4 is 40.4 Å². The number of Topliss-reactive ketones (excluding diaryl/α,β-unsaturated/α-hetero) is 1. The normalized spacial score (nSPS) is 18.7. The molecule has 184 valence electrons. The van der Waals surface area contributed by atoms with Crippen molar-refractivity contribution in [3.63, 3.8) is 0 Å². The number of halogens is 2. The predicted octanol–water partition coefficient (Wildman–Crippen LogP) is 4.94. The molecule has 0 aliphatic carbocycles. The smallest absolute Gasteiger partial charge is 0.300 e. The quantitative estimate of drug-likeness (QED) is 0.305. The summed E-state index contributed by atoms with van der Waals surface area (Å²) in [6, 6.07) is 14.1. The van der Waals surface area contributed by atoms with E-state index < -0.39 is 29.3 Å². The van der Waals surface area contributed by atoms with Crippen LogP contribution in [0, 0.1) is 5.82 Å². The Bertz CT molecular complexity index is 1420. The lowest BCUT2D eigenvalue weighted by molar-refractivity contribution is -0.132. The third-order valence-electron chi connectivity index (χ3n) is 6.39. The second-order valence-electron chi connectivity index (χ2n) is 8.46. The molecule has 7 nitrogen and oxygen atoms in total. The van der Waals surface area contributed by atoms with Gasteiger partial charge in [0.05, 0.1) is 36.0 Å². The molecular weight excluding hydrogens is 487 g/mol. The standard InChI is InChI=1S/C27H22ClFN2O5/c1-30-11-12-36-22-9-7-15(13-20(22)30)25(32)23-24(17-5-3-4-6-19(17)29)31(27(34)26(23)33)16-8-10-21(35-2)18(28)14-16/h3-10,13-14,24,32H,11-12H2,1-2H3/b25-23+. The van der Waals surface area contributed by atoms with Gasteiger partial charge in [-0.25, -0.2) is 4.39 Å². The monoisotopic (exact) mass is 508 g/mol. The second kappa shape index (κ2) is 9.20. The molecule has 1 fully saturated rings. The summed E-state index contributed by atoms with van der Waals surface area (Å²) in [5.41, 5.74) is 1.12. The maximum Gasteiger partial charge on any atom is 0.300 e. The van der Waals surface area contributed by atoms with Crippen molar-refractivity contribution < 1.29 is 28.6 Å². The molecule has 0 bridgehead atoms. The molecule has 0 saturated carbocycles. The van der Waals surface area contributed by atoms with Crippen LogP contribution in [0.1, 0.15) is 17.2 Å². The van der Waals surface area contributed by atoms with Crippen LogP contribution in [0.3, 0.4) is 0 Å². The van der Waals surface area contributed by atoms with Gasteiger partial charge in [-0.2, -0.15) is 0 Å². The van der Waals surface area contributed by atoms with E-state index in [1.807, 2.05) is 11.9 Å². The lowest BCUT2D eigenvalue weighted by Crippen LogP contribution is -2.29. The van der Waals surface area contributed by atoms with Crippen LogP contribution in [0.25, 0.3) is 5.76 Å². The van der Waals surface area contributed by atoms with Gasteiger partial charge in [0.2, 0.25) is 0 Å². The third kappa shape index (κ3) is 3.83. The maximum atomic E-state index is 15.1. The number of hydrogen-bond donors (Lipinski definition) is 1. The first-order valence-electron chi connectivity index (χ1n) is 11.2. The Morgan fingerprint density at radius 3 is 2.64 bits per heavy atom. The van der Waals surface area contributed by atoms with Gasteiger partial charge in [0.25, 0.3) is 11.7 Å². The first kappa shape index (κ1) is 23.7. The number of methoxy groups -OCH3 is 1. The molecule has 3 aromatic carbocycles. The summed E-state index contributed by atoms with van der Waals surface area (Å²) in [5.74, 6) is -1.87. The van der Waals surface area contributed by atoms with E-state index in [-0.39, 0.29) is 21.8 Å². The SMILES string of the molecule is COc1ccc(N2C(=O)C(=O)/C(=C(/O)c3ccc4c(c3)N(C)CCO4)C2c2ccccc2F)cc1Cl. The summed E-state index contributed by atoms with van der Waals surface area (Å²) in [6.45, 7) is 1.17. The fourth-order valence-electron chi connectivity index (χ4n) is 4.55. The molecule has 1 N–H and O–H groups in total. The number of likely N-dealkylation sites (N-methyl/N-ethyl adjacent to an activating group) is 1. The minimum atomic E-state index is -1.22. The molecular formula is C27H22ClFN2O5. The number of carbonyl (C=O) groups excluding carboxylic acids is 2. The number of benzene rings is 3. The zero-order valence-corrected chi connectivity index (χ0v) is 20.3. The minimum absolute atomic E-state index is 0.0589. The van der Waals surface area contributed by atoms with E-state index >= 15 is 4.39 Å². The number of anilines is 2. The molecule has 5 rings (SSSR count). The van der Waals surface area contributed by atoms with Gasteiger partial charge < -0.3 is 19.5 Å². The van der Waals surface area contributed by atoms with E-state index in [2.05, 4.69) is 0 Å². The summed E-state index contributed by atoms with van der Waals surface area (Å²) in [7, 11) is 3.34. The molecule has 1 atom stereocenters. The number of ether oxygens (including phenoxy) is 2. The largest absolute Gasteiger partial charge is 0.507 e. The molecule has 2 aliphatic heterocycles. The van der Waals surface area contributed by atoms with Crippen LogP contribution in [-0.2, 0) is 9.59 Å². The molecule has 0 aromatic heterocycles. The summed E-state index contributed by atoms with van der Waals surface area (Å²) >= 11 is 6.29. The predicted molar refractivity (Wildman–Crippen MR) is 134 cm³/mol. The minimum Gasteiger partial charge on any atom is -0.507 e. The van der Waals surface area contributed by atoms with Crippen molar-refractivity contribution in [2.45, 2.75) is 6.04 Å². The lowest BCUT2D eigenvalue weighted by Gasteiger charge is -2.28. The zero-order chi connectivity index (χ0) is 25.6. The van der Waals surface area contributed by atoms with Crippen LogP contribution in [0.4, 0.5) is 15.8 Å². The van der Waals surface area contributed by atoms with E-state index in [0.29, 0.717) is 30.2 Å². The highest BCUT2D eigenvalue weighted by Crippen LogP contribution is 2.45. The number of carbonyl (C=O) groups is 2. The molecule has 2 heterocycles. The number of ketones is 1. The molecule has 1 saturated heterocycles. The molecule has 36 heavy (non-hydrogen) atoms. The zero-order valence-electron chi connectivity index (χ0n) is 19.5. The molecule has 1 amide bonds. The summed E-state index contributed by atoms with van der Waals surface area (Å²) in [5, 5.41) is 11.6. The first-order valence-corrected chi connectivity index (χ1v) is 11.6. The molecule has 9 heteroatoms. The van der Waals surface area contributed by atoms with E-state index in [4.69, 9.17) is 21.1 Å². The molecule has 0 radical (unpaired) electrons. The highest BCUT2D eigenvalue weighted by molar-refractivity contribution is 6.51. The maximum absolute atomic E-state index is 15.1. The van der Waals surface area contributed by atoms with Gasteiger partial charge in [0, 0.05) is 23.9 Å². The lowest BCUT2D eigenvalue weighted by atomic mass is 9.94. The van der Waals surface area contributed by atoms with Gasteiger partial charge in [0.1, 0.15) is 29.7 Å². The van der Waals surface area contributed by atoms with Crippen LogP contribution in [-0.4, -0.2) is 44.1 Å². The van der Waals surface area contributed by atoms with Crippen molar-refractivity contribution in [2.75, 3.05) is 37.1 Å². The van der Waals surface area contributed by atoms with Gasteiger partial charge in [-0.15, -0.1) is 0 Å². The van der Waals surface area contributed by atoms with Crippen LogP contribution in [0.2, 0.25) is 5.02 Å². The van der Waals surface area contributed by atoms with Gasteiger partial charge in [-0.05, 0) is 42.5 Å². The average molecular weight is 509 g/mol. The van der Waals surface area contributed by atoms with Gasteiger partial charge in [0.15, 0.2) is 0 Å². The number of hydrogen-bond acceptors (Lipinski definition) is 6. The fourth-order valence-corrected chi connectivity index (χ4v) is 4.80. The fraction of sp³-hybridized carbons (Fsp3) is 0.185. The van der Waals surface area contributed by atoms with Crippen LogP contribution >= 0.6 is 11.6 Å². The van der Waals surface area contributed by atoms with Crippen molar-refractivity contribution in [2.24, 2.45) is 0 Å².